The maximum Gasteiger partial charge on any atom is 0.134 e. The lowest BCUT2D eigenvalue weighted by Gasteiger charge is -2.33. The Labute approximate surface area is 190 Å². The minimum absolute atomic E-state index is 0.111. The third-order valence-electron chi connectivity index (χ3n) is 5.77. The number of anilines is 1. The van der Waals surface area contributed by atoms with E-state index in [9.17, 15) is 4.39 Å². The molecule has 0 spiro atoms. The number of hydrogen-bond acceptors (Lipinski definition) is 5. The van der Waals surface area contributed by atoms with Crippen LogP contribution in [0.4, 0.5) is 10.2 Å². The Morgan fingerprint density at radius 3 is 2.81 bits per heavy atom. The van der Waals surface area contributed by atoms with Crippen LogP contribution in [0, 0.1) is 5.82 Å². The molecule has 4 aromatic rings. The van der Waals surface area contributed by atoms with Crippen LogP contribution in [0.5, 0.6) is 0 Å². The standard InChI is InChI=1S/C24H23ClFN5O/c1-3-17-5-7-19-21(28-17)11-23(29-24(19)18-6-4-16(25)10-20(18)26)31-8-9-32-22(14-31)15-12-27-30(2)13-15/h4-7,10-13,22H,3,8-9,14H2,1-2H3. The van der Waals surface area contributed by atoms with Crippen molar-refractivity contribution in [3.05, 3.63) is 70.9 Å². The number of ether oxygens (including phenoxy) is 1. The summed E-state index contributed by atoms with van der Waals surface area (Å²) in [6.07, 6.45) is 4.50. The Balaban J connectivity index is 1.61. The van der Waals surface area contributed by atoms with Gasteiger partial charge in [0.05, 0.1) is 24.0 Å². The molecular formula is C24H23ClFN5O. The van der Waals surface area contributed by atoms with E-state index < -0.39 is 5.82 Å². The van der Waals surface area contributed by atoms with Gasteiger partial charge in [-0.3, -0.25) is 9.67 Å². The van der Waals surface area contributed by atoms with Gasteiger partial charge < -0.3 is 9.64 Å². The molecule has 0 N–H and O–H groups in total. The third kappa shape index (κ3) is 3.94. The van der Waals surface area contributed by atoms with Crippen molar-refractivity contribution in [2.24, 2.45) is 7.05 Å². The highest BCUT2D eigenvalue weighted by Gasteiger charge is 2.25. The van der Waals surface area contributed by atoms with Gasteiger partial charge >= 0.3 is 0 Å². The molecule has 1 atom stereocenters. The molecule has 1 unspecified atom stereocenters. The van der Waals surface area contributed by atoms with Gasteiger partial charge in [0, 0.05) is 59.6 Å². The maximum absolute atomic E-state index is 14.9. The van der Waals surface area contributed by atoms with E-state index in [1.807, 2.05) is 37.6 Å². The fraction of sp³-hybridized carbons (Fsp3) is 0.292. The molecule has 8 heteroatoms. The zero-order chi connectivity index (χ0) is 22.2. The molecule has 4 heterocycles. The molecule has 164 valence electrons. The van der Waals surface area contributed by atoms with E-state index in [2.05, 4.69) is 16.9 Å². The van der Waals surface area contributed by atoms with Gasteiger partial charge in [0.25, 0.3) is 0 Å². The third-order valence-corrected chi connectivity index (χ3v) is 6.00. The SMILES string of the molecule is CCc1ccc2c(-c3ccc(Cl)cc3F)nc(N3CCOC(c4cnn(C)c4)C3)cc2n1. The number of benzene rings is 1. The van der Waals surface area contributed by atoms with Gasteiger partial charge in [-0.05, 0) is 36.8 Å². The molecule has 1 saturated heterocycles. The quantitative estimate of drug-likeness (QED) is 0.439. The normalized spacial score (nSPS) is 16.6. The number of aromatic nitrogens is 4. The number of fused-ring (bicyclic) bond motifs is 1. The van der Waals surface area contributed by atoms with Crippen molar-refractivity contribution < 1.29 is 9.13 Å². The van der Waals surface area contributed by atoms with E-state index in [0.717, 1.165) is 34.4 Å². The van der Waals surface area contributed by atoms with Crippen molar-refractivity contribution in [2.75, 3.05) is 24.6 Å². The number of pyridine rings is 2. The zero-order valence-corrected chi connectivity index (χ0v) is 18.7. The van der Waals surface area contributed by atoms with E-state index in [-0.39, 0.29) is 6.10 Å². The van der Waals surface area contributed by atoms with Crippen molar-refractivity contribution in [2.45, 2.75) is 19.4 Å². The van der Waals surface area contributed by atoms with Crippen LogP contribution in [0.3, 0.4) is 0 Å². The molecule has 1 aromatic carbocycles. The average Bonchev–Trinajstić information content (AvgIpc) is 3.24. The van der Waals surface area contributed by atoms with E-state index in [1.54, 1.807) is 16.8 Å². The number of aryl methyl sites for hydroxylation is 2. The summed E-state index contributed by atoms with van der Waals surface area (Å²) < 4.78 is 22.6. The first-order chi connectivity index (χ1) is 15.5. The fourth-order valence-corrected chi connectivity index (χ4v) is 4.23. The van der Waals surface area contributed by atoms with Gasteiger partial charge in [0.15, 0.2) is 0 Å². The second-order valence-electron chi connectivity index (χ2n) is 7.93. The number of nitrogens with zero attached hydrogens (tertiary/aromatic N) is 5. The Hall–Kier alpha value is -3.03. The molecule has 0 amide bonds. The van der Waals surface area contributed by atoms with Gasteiger partial charge in [0.2, 0.25) is 0 Å². The van der Waals surface area contributed by atoms with Crippen molar-refractivity contribution in [3.8, 4) is 11.3 Å². The first-order valence-corrected chi connectivity index (χ1v) is 11.0. The van der Waals surface area contributed by atoms with Crippen molar-refractivity contribution in [1.82, 2.24) is 19.7 Å². The van der Waals surface area contributed by atoms with Crippen LogP contribution in [0.2, 0.25) is 5.02 Å². The van der Waals surface area contributed by atoms with Gasteiger partial charge in [-0.25, -0.2) is 9.37 Å². The Morgan fingerprint density at radius 2 is 2.06 bits per heavy atom. The number of rotatable bonds is 4. The van der Waals surface area contributed by atoms with Crippen LogP contribution in [-0.2, 0) is 18.2 Å². The van der Waals surface area contributed by atoms with Gasteiger partial charge in [-0.1, -0.05) is 18.5 Å². The summed E-state index contributed by atoms with van der Waals surface area (Å²) in [5.74, 6) is 0.345. The van der Waals surface area contributed by atoms with Crippen LogP contribution < -0.4 is 4.90 Å². The molecule has 1 fully saturated rings. The highest BCUT2D eigenvalue weighted by molar-refractivity contribution is 6.30. The average molecular weight is 452 g/mol. The highest BCUT2D eigenvalue weighted by atomic mass is 35.5. The summed E-state index contributed by atoms with van der Waals surface area (Å²) in [7, 11) is 1.89. The lowest BCUT2D eigenvalue weighted by Crippen LogP contribution is -2.38. The van der Waals surface area contributed by atoms with Crippen LogP contribution in [-0.4, -0.2) is 39.4 Å². The van der Waals surface area contributed by atoms with Crippen LogP contribution in [0.15, 0.2) is 48.8 Å². The molecule has 1 aliphatic rings. The maximum atomic E-state index is 14.9. The predicted octanol–water partition coefficient (Wildman–Crippen LogP) is 4.96. The largest absolute Gasteiger partial charge is 0.370 e. The molecule has 1 aliphatic heterocycles. The molecule has 0 bridgehead atoms. The summed E-state index contributed by atoms with van der Waals surface area (Å²) in [4.78, 5) is 11.9. The summed E-state index contributed by atoms with van der Waals surface area (Å²) in [5.41, 5.74) is 3.76. The van der Waals surface area contributed by atoms with Gasteiger partial charge in [-0.2, -0.15) is 5.10 Å². The summed E-state index contributed by atoms with van der Waals surface area (Å²) in [6, 6.07) is 10.6. The fourth-order valence-electron chi connectivity index (χ4n) is 4.07. The second kappa shape index (κ2) is 8.48. The van der Waals surface area contributed by atoms with E-state index in [4.69, 9.17) is 26.3 Å². The molecule has 0 aliphatic carbocycles. The lowest BCUT2D eigenvalue weighted by molar-refractivity contribution is 0.0395. The number of morpholine rings is 1. The first-order valence-electron chi connectivity index (χ1n) is 10.6. The van der Waals surface area contributed by atoms with Crippen molar-refractivity contribution in [3.63, 3.8) is 0 Å². The topological polar surface area (TPSA) is 56.1 Å². The molecule has 0 radical (unpaired) electrons. The lowest BCUT2D eigenvalue weighted by atomic mass is 10.0. The van der Waals surface area contributed by atoms with E-state index in [1.165, 1.54) is 6.07 Å². The highest BCUT2D eigenvalue weighted by Crippen LogP contribution is 2.34. The molecule has 0 saturated carbocycles. The molecule has 5 rings (SSSR count). The molecule has 6 nitrogen and oxygen atoms in total. The van der Waals surface area contributed by atoms with Crippen LogP contribution in [0.25, 0.3) is 22.2 Å². The van der Waals surface area contributed by atoms with Gasteiger partial charge in [0.1, 0.15) is 17.7 Å². The molecule has 3 aromatic heterocycles. The van der Waals surface area contributed by atoms with E-state index >= 15 is 0 Å². The second-order valence-corrected chi connectivity index (χ2v) is 8.37. The van der Waals surface area contributed by atoms with Crippen molar-refractivity contribution in [1.29, 1.82) is 0 Å². The van der Waals surface area contributed by atoms with Crippen LogP contribution in [0.1, 0.15) is 24.3 Å². The number of halogens is 2. The zero-order valence-electron chi connectivity index (χ0n) is 17.9. The van der Waals surface area contributed by atoms with E-state index in [0.29, 0.717) is 36.0 Å². The first kappa shape index (κ1) is 20.8. The minimum Gasteiger partial charge on any atom is -0.370 e. The summed E-state index contributed by atoms with van der Waals surface area (Å²) in [5, 5.41) is 5.42. The Kier molecular flexibility index (Phi) is 5.53. The Bertz CT molecular complexity index is 1290. The molecule has 32 heavy (non-hydrogen) atoms. The predicted molar refractivity (Wildman–Crippen MR) is 123 cm³/mol. The van der Waals surface area contributed by atoms with Gasteiger partial charge in [-0.15, -0.1) is 0 Å². The summed E-state index contributed by atoms with van der Waals surface area (Å²) in [6.45, 7) is 3.94. The monoisotopic (exact) mass is 451 g/mol. The molecular weight excluding hydrogens is 429 g/mol. The van der Waals surface area contributed by atoms with Crippen molar-refractivity contribution >= 4 is 28.3 Å². The summed E-state index contributed by atoms with van der Waals surface area (Å²) >= 11 is 5.99. The van der Waals surface area contributed by atoms with Crippen LogP contribution >= 0.6 is 11.6 Å². The minimum atomic E-state index is -0.404. The Morgan fingerprint density at radius 1 is 1.19 bits per heavy atom. The number of hydrogen-bond donors (Lipinski definition) is 0. The smallest absolute Gasteiger partial charge is 0.134 e.